The smallest absolute Gasteiger partial charge is 0.307 e. The highest BCUT2D eigenvalue weighted by atomic mass is 16.5. The molecule has 0 spiro atoms. The summed E-state index contributed by atoms with van der Waals surface area (Å²) in [4.78, 5) is 34.7. The number of rotatable bonds is 7. The van der Waals surface area contributed by atoms with Crippen LogP contribution in [0.15, 0.2) is 0 Å². The van der Waals surface area contributed by atoms with Gasteiger partial charge >= 0.3 is 5.97 Å². The first-order chi connectivity index (χ1) is 9.23. The molecule has 20 heavy (non-hydrogen) atoms. The van der Waals surface area contributed by atoms with Crippen molar-refractivity contribution in [2.75, 3.05) is 20.3 Å². The second-order valence-electron chi connectivity index (χ2n) is 5.63. The van der Waals surface area contributed by atoms with Gasteiger partial charge < -0.3 is 20.5 Å². The van der Waals surface area contributed by atoms with Gasteiger partial charge in [0, 0.05) is 13.7 Å². The van der Waals surface area contributed by atoms with Gasteiger partial charge in [-0.25, -0.2) is 0 Å². The van der Waals surface area contributed by atoms with Crippen LogP contribution in [0.4, 0.5) is 0 Å². The standard InChI is InChI=1S/C13H22N2O5/c1-7(10(16)14-5-6-20-4)15-11(17)8-9(12(18)19)13(8,2)3/h7-9H,5-6H2,1-4H3,(H,14,16)(H,15,17)(H,18,19)/t7?,8-,9+/m1/s1. The normalized spacial score (nSPS) is 24.6. The lowest BCUT2D eigenvalue weighted by Crippen LogP contribution is -2.46. The van der Waals surface area contributed by atoms with Gasteiger partial charge in [0.05, 0.1) is 18.4 Å². The molecule has 0 aromatic rings. The van der Waals surface area contributed by atoms with Gasteiger partial charge in [-0.2, -0.15) is 0 Å². The number of ether oxygens (including phenoxy) is 1. The topological polar surface area (TPSA) is 105 Å². The Morgan fingerprint density at radius 1 is 1.30 bits per heavy atom. The number of nitrogens with one attached hydrogen (secondary N) is 2. The van der Waals surface area contributed by atoms with Gasteiger partial charge in [0.1, 0.15) is 6.04 Å². The molecule has 1 aliphatic carbocycles. The Balaban J connectivity index is 2.47. The molecule has 0 aromatic heterocycles. The second kappa shape index (κ2) is 6.21. The molecule has 114 valence electrons. The summed E-state index contributed by atoms with van der Waals surface area (Å²) in [6.45, 7) is 5.79. The van der Waals surface area contributed by atoms with E-state index in [9.17, 15) is 14.4 Å². The molecule has 2 amide bonds. The molecule has 7 nitrogen and oxygen atoms in total. The lowest BCUT2D eigenvalue weighted by molar-refractivity contribution is -0.140. The number of carboxylic acid groups (broad SMARTS) is 1. The average Bonchev–Trinajstić information content (AvgIpc) is 2.92. The van der Waals surface area contributed by atoms with E-state index < -0.39 is 35.2 Å². The summed E-state index contributed by atoms with van der Waals surface area (Å²) in [5.74, 6) is -2.97. The predicted octanol–water partition coefficient (Wildman–Crippen LogP) is -0.389. The van der Waals surface area contributed by atoms with Crippen LogP contribution in [0.5, 0.6) is 0 Å². The molecule has 1 aliphatic rings. The third kappa shape index (κ3) is 3.47. The van der Waals surface area contributed by atoms with Gasteiger partial charge in [-0.05, 0) is 12.3 Å². The van der Waals surface area contributed by atoms with Crippen LogP contribution in [0.1, 0.15) is 20.8 Å². The summed E-state index contributed by atoms with van der Waals surface area (Å²) >= 11 is 0. The number of hydrogen-bond acceptors (Lipinski definition) is 4. The molecule has 7 heteroatoms. The van der Waals surface area contributed by atoms with Crippen LogP contribution in [0.25, 0.3) is 0 Å². The summed E-state index contributed by atoms with van der Waals surface area (Å²) in [6, 6.07) is -0.704. The van der Waals surface area contributed by atoms with E-state index >= 15 is 0 Å². The Morgan fingerprint density at radius 2 is 1.90 bits per heavy atom. The van der Waals surface area contributed by atoms with Crippen LogP contribution >= 0.6 is 0 Å². The zero-order valence-corrected chi connectivity index (χ0v) is 12.2. The van der Waals surface area contributed by atoms with Gasteiger partial charge in [-0.1, -0.05) is 13.8 Å². The van der Waals surface area contributed by atoms with Gasteiger partial charge in [0.2, 0.25) is 11.8 Å². The molecular formula is C13H22N2O5. The van der Waals surface area contributed by atoms with E-state index in [2.05, 4.69) is 10.6 Å². The Kier molecular flexibility index (Phi) is 5.10. The van der Waals surface area contributed by atoms with Gasteiger partial charge in [0.15, 0.2) is 0 Å². The molecule has 0 saturated heterocycles. The van der Waals surface area contributed by atoms with E-state index in [1.54, 1.807) is 20.8 Å². The fourth-order valence-electron chi connectivity index (χ4n) is 2.39. The summed E-state index contributed by atoms with van der Waals surface area (Å²) in [7, 11) is 1.53. The van der Waals surface area contributed by atoms with E-state index in [4.69, 9.17) is 9.84 Å². The van der Waals surface area contributed by atoms with E-state index in [0.717, 1.165) is 0 Å². The van der Waals surface area contributed by atoms with Crippen LogP contribution in [0, 0.1) is 17.3 Å². The SMILES string of the molecule is COCCNC(=O)C(C)NC(=O)[C@H]1[C@@H](C(=O)O)C1(C)C. The highest BCUT2D eigenvalue weighted by molar-refractivity contribution is 5.94. The average molecular weight is 286 g/mol. The molecule has 1 fully saturated rings. The van der Waals surface area contributed by atoms with Gasteiger partial charge in [0.25, 0.3) is 0 Å². The largest absolute Gasteiger partial charge is 0.481 e. The Morgan fingerprint density at radius 3 is 2.35 bits per heavy atom. The van der Waals surface area contributed by atoms with Crippen molar-refractivity contribution in [1.29, 1.82) is 0 Å². The number of aliphatic carboxylic acids is 1. The molecule has 0 heterocycles. The van der Waals surface area contributed by atoms with E-state index in [1.165, 1.54) is 7.11 Å². The fourth-order valence-corrected chi connectivity index (χ4v) is 2.39. The number of carbonyl (C=O) groups excluding carboxylic acids is 2. The second-order valence-corrected chi connectivity index (χ2v) is 5.63. The first kappa shape index (κ1) is 16.4. The molecule has 0 bridgehead atoms. The minimum absolute atomic E-state index is 0.319. The van der Waals surface area contributed by atoms with E-state index in [0.29, 0.717) is 13.2 Å². The first-order valence-electron chi connectivity index (χ1n) is 6.53. The van der Waals surface area contributed by atoms with Crippen LogP contribution in [-0.4, -0.2) is 49.2 Å². The first-order valence-corrected chi connectivity index (χ1v) is 6.53. The summed E-state index contributed by atoms with van der Waals surface area (Å²) < 4.78 is 4.80. The minimum atomic E-state index is -0.979. The van der Waals surface area contributed by atoms with Crippen molar-refractivity contribution in [2.45, 2.75) is 26.8 Å². The van der Waals surface area contributed by atoms with Crippen molar-refractivity contribution in [3.63, 3.8) is 0 Å². The molecule has 1 saturated carbocycles. The molecule has 1 unspecified atom stereocenters. The molecular weight excluding hydrogens is 264 g/mol. The molecule has 0 aromatic carbocycles. The quantitative estimate of drug-likeness (QED) is 0.553. The molecule has 3 atom stereocenters. The summed E-state index contributed by atoms with van der Waals surface area (Å²) in [6.07, 6.45) is 0. The van der Waals surface area contributed by atoms with Crippen LogP contribution in [-0.2, 0) is 19.1 Å². The highest BCUT2D eigenvalue weighted by Gasteiger charge is 2.66. The molecule has 1 rings (SSSR count). The third-order valence-corrected chi connectivity index (χ3v) is 3.73. The zero-order chi connectivity index (χ0) is 15.5. The predicted molar refractivity (Wildman–Crippen MR) is 70.9 cm³/mol. The summed E-state index contributed by atoms with van der Waals surface area (Å²) in [5.41, 5.74) is -0.567. The number of amides is 2. The van der Waals surface area contributed by atoms with Crippen LogP contribution < -0.4 is 10.6 Å². The maximum absolute atomic E-state index is 12.0. The third-order valence-electron chi connectivity index (χ3n) is 3.73. The number of hydrogen-bond donors (Lipinski definition) is 3. The lowest BCUT2D eigenvalue weighted by atomic mass is 10.1. The Hall–Kier alpha value is -1.63. The highest BCUT2D eigenvalue weighted by Crippen LogP contribution is 2.58. The molecule has 0 aliphatic heterocycles. The monoisotopic (exact) mass is 286 g/mol. The van der Waals surface area contributed by atoms with E-state index in [-0.39, 0.29) is 5.91 Å². The Bertz CT molecular complexity index is 408. The van der Waals surface area contributed by atoms with Crippen molar-refractivity contribution in [3.05, 3.63) is 0 Å². The van der Waals surface area contributed by atoms with Gasteiger partial charge in [-0.15, -0.1) is 0 Å². The molecule has 0 radical (unpaired) electrons. The van der Waals surface area contributed by atoms with Crippen molar-refractivity contribution >= 4 is 17.8 Å². The lowest BCUT2D eigenvalue weighted by Gasteiger charge is -2.14. The number of carboxylic acids is 1. The summed E-state index contributed by atoms with van der Waals surface area (Å²) in [5, 5.41) is 14.2. The van der Waals surface area contributed by atoms with Crippen molar-refractivity contribution in [3.8, 4) is 0 Å². The van der Waals surface area contributed by atoms with Crippen molar-refractivity contribution in [2.24, 2.45) is 17.3 Å². The minimum Gasteiger partial charge on any atom is -0.481 e. The van der Waals surface area contributed by atoms with Gasteiger partial charge in [-0.3, -0.25) is 14.4 Å². The maximum atomic E-state index is 12.0. The maximum Gasteiger partial charge on any atom is 0.307 e. The molecule has 3 N–H and O–H groups in total. The van der Waals surface area contributed by atoms with Crippen LogP contribution in [0.3, 0.4) is 0 Å². The number of methoxy groups -OCH3 is 1. The fraction of sp³-hybridized carbons (Fsp3) is 0.769. The van der Waals surface area contributed by atoms with Crippen molar-refractivity contribution in [1.82, 2.24) is 10.6 Å². The van der Waals surface area contributed by atoms with Crippen LogP contribution in [0.2, 0.25) is 0 Å². The Labute approximate surface area is 118 Å². The number of carbonyl (C=O) groups is 3. The zero-order valence-electron chi connectivity index (χ0n) is 12.2. The van der Waals surface area contributed by atoms with Crippen molar-refractivity contribution < 1.29 is 24.2 Å². The van der Waals surface area contributed by atoms with E-state index in [1.807, 2.05) is 0 Å².